The Morgan fingerprint density at radius 2 is 2.04 bits per heavy atom. The lowest BCUT2D eigenvalue weighted by atomic mass is 10.3. The summed E-state index contributed by atoms with van der Waals surface area (Å²) in [6, 6.07) is 9.84. The van der Waals surface area contributed by atoms with Crippen LogP contribution in [0.15, 0.2) is 35.7 Å². The fourth-order valence-corrected chi connectivity index (χ4v) is 3.56. The van der Waals surface area contributed by atoms with E-state index >= 15 is 0 Å². The van der Waals surface area contributed by atoms with Gasteiger partial charge < -0.3 is 9.30 Å². The van der Waals surface area contributed by atoms with Crippen LogP contribution >= 0.6 is 11.3 Å². The molecule has 3 heterocycles. The number of thiazole rings is 1. The van der Waals surface area contributed by atoms with E-state index in [1.807, 2.05) is 37.3 Å². The Kier molecular flexibility index (Phi) is 4.27. The molecule has 0 fully saturated rings. The Bertz CT molecular complexity index is 814. The maximum absolute atomic E-state index is 5.76. The van der Waals surface area contributed by atoms with E-state index < -0.39 is 0 Å². The third kappa shape index (κ3) is 3.32. The molecule has 0 bridgehead atoms. The molecule has 0 aliphatic carbocycles. The first-order valence-corrected chi connectivity index (χ1v) is 8.88. The van der Waals surface area contributed by atoms with Gasteiger partial charge in [0.2, 0.25) is 0 Å². The number of hydrogen-bond acceptors (Lipinski definition) is 6. The van der Waals surface area contributed by atoms with Crippen molar-refractivity contribution in [1.82, 2.24) is 24.6 Å². The Hall–Kier alpha value is -2.25. The molecule has 3 aromatic rings. The molecule has 0 spiro atoms. The summed E-state index contributed by atoms with van der Waals surface area (Å²) in [6.45, 7) is 6.14. The normalized spacial score (nSPS) is 14.5. The lowest BCUT2D eigenvalue weighted by Gasteiger charge is -2.26. The smallest absolute Gasteiger partial charge is 0.147 e. The number of benzene rings is 1. The van der Waals surface area contributed by atoms with Crippen LogP contribution in [0.2, 0.25) is 0 Å². The van der Waals surface area contributed by atoms with E-state index in [0.717, 1.165) is 54.3 Å². The highest BCUT2D eigenvalue weighted by molar-refractivity contribution is 7.09. The monoisotopic (exact) mass is 341 g/mol. The molecule has 1 aromatic carbocycles. The molecular weight excluding hydrogens is 322 g/mol. The number of rotatable bonds is 5. The molecule has 1 aliphatic rings. The van der Waals surface area contributed by atoms with Gasteiger partial charge in [0.25, 0.3) is 0 Å². The van der Waals surface area contributed by atoms with Crippen molar-refractivity contribution in [3.8, 4) is 5.75 Å². The summed E-state index contributed by atoms with van der Waals surface area (Å²) in [5.41, 5.74) is 1.09. The van der Waals surface area contributed by atoms with Gasteiger partial charge in [-0.15, -0.1) is 21.5 Å². The molecule has 0 atom stereocenters. The summed E-state index contributed by atoms with van der Waals surface area (Å²) in [5.74, 6) is 2.92. The zero-order chi connectivity index (χ0) is 16.4. The third-order valence-corrected chi connectivity index (χ3v) is 4.98. The molecule has 0 radical (unpaired) electrons. The summed E-state index contributed by atoms with van der Waals surface area (Å²) >= 11 is 1.65. The molecule has 124 valence electrons. The molecule has 7 heteroatoms. The number of fused-ring (bicyclic) bond motifs is 1. The van der Waals surface area contributed by atoms with Gasteiger partial charge in [-0.05, 0) is 19.1 Å². The summed E-state index contributed by atoms with van der Waals surface area (Å²) in [7, 11) is 0. The predicted octanol–water partition coefficient (Wildman–Crippen LogP) is 2.64. The van der Waals surface area contributed by atoms with Crippen molar-refractivity contribution < 1.29 is 4.74 Å². The standard InChI is InChI=1S/C17H19N5OS/c1-13-19-20-16-10-21(7-8-22(13)16)9-14-12-24-17(18-14)11-23-15-5-3-2-4-6-15/h2-6,12H,7-11H2,1H3. The highest BCUT2D eigenvalue weighted by Gasteiger charge is 2.20. The van der Waals surface area contributed by atoms with Crippen LogP contribution in [0.5, 0.6) is 5.75 Å². The molecule has 6 nitrogen and oxygen atoms in total. The lowest BCUT2D eigenvalue weighted by Crippen LogP contribution is -2.33. The van der Waals surface area contributed by atoms with Crippen LogP contribution in [0.1, 0.15) is 22.4 Å². The molecule has 4 rings (SSSR count). The molecule has 0 N–H and O–H groups in total. The van der Waals surface area contributed by atoms with Crippen molar-refractivity contribution in [2.45, 2.75) is 33.2 Å². The van der Waals surface area contributed by atoms with Gasteiger partial charge >= 0.3 is 0 Å². The Balaban J connectivity index is 1.34. The Labute approximate surface area is 144 Å². The second-order valence-corrected chi connectivity index (χ2v) is 6.80. The molecule has 0 saturated carbocycles. The largest absolute Gasteiger partial charge is 0.486 e. The minimum absolute atomic E-state index is 0.516. The predicted molar refractivity (Wildman–Crippen MR) is 91.8 cm³/mol. The number of aromatic nitrogens is 4. The number of ether oxygens (including phenoxy) is 1. The zero-order valence-electron chi connectivity index (χ0n) is 13.6. The van der Waals surface area contributed by atoms with Crippen LogP contribution in [0.25, 0.3) is 0 Å². The van der Waals surface area contributed by atoms with Gasteiger partial charge in [0.15, 0.2) is 0 Å². The minimum Gasteiger partial charge on any atom is -0.486 e. The second kappa shape index (κ2) is 6.70. The first-order valence-electron chi connectivity index (χ1n) is 8.00. The summed E-state index contributed by atoms with van der Waals surface area (Å²) in [5, 5.41) is 11.5. The van der Waals surface area contributed by atoms with Gasteiger partial charge in [-0.1, -0.05) is 18.2 Å². The summed E-state index contributed by atoms with van der Waals surface area (Å²) < 4.78 is 7.95. The quantitative estimate of drug-likeness (QED) is 0.714. The first-order chi connectivity index (χ1) is 11.8. The molecule has 0 amide bonds. The van der Waals surface area contributed by atoms with Gasteiger partial charge in [0.1, 0.15) is 29.0 Å². The van der Waals surface area contributed by atoms with Crippen LogP contribution < -0.4 is 4.74 Å². The maximum atomic E-state index is 5.76. The van der Waals surface area contributed by atoms with E-state index in [2.05, 4.69) is 30.0 Å². The number of para-hydroxylation sites is 1. The van der Waals surface area contributed by atoms with Crippen LogP contribution in [-0.2, 0) is 26.2 Å². The van der Waals surface area contributed by atoms with Crippen molar-refractivity contribution in [3.63, 3.8) is 0 Å². The Morgan fingerprint density at radius 1 is 1.17 bits per heavy atom. The SMILES string of the molecule is Cc1nnc2n1CCN(Cc1csc(COc3ccccc3)n1)C2. The van der Waals surface area contributed by atoms with Crippen LogP contribution in [0.3, 0.4) is 0 Å². The van der Waals surface area contributed by atoms with Gasteiger partial charge in [-0.25, -0.2) is 4.98 Å². The van der Waals surface area contributed by atoms with Crippen LogP contribution in [0.4, 0.5) is 0 Å². The van der Waals surface area contributed by atoms with Crippen molar-refractivity contribution in [3.05, 3.63) is 58.1 Å². The summed E-state index contributed by atoms with van der Waals surface area (Å²) in [6.07, 6.45) is 0. The number of hydrogen-bond donors (Lipinski definition) is 0. The molecule has 0 unspecified atom stereocenters. The number of aryl methyl sites for hydroxylation is 1. The molecule has 1 aliphatic heterocycles. The molecular formula is C17H19N5OS. The lowest BCUT2D eigenvalue weighted by molar-refractivity contribution is 0.205. The fraction of sp³-hybridized carbons (Fsp3) is 0.353. The van der Waals surface area contributed by atoms with Gasteiger partial charge in [-0.3, -0.25) is 4.90 Å². The van der Waals surface area contributed by atoms with E-state index in [1.54, 1.807) is 11.3 Å². The average Bonchev–Trinajstić information content (AvgIpc) is 3.21. The van der Waals surface area contributed by atoms with Crippen molar-refractivity contribution in [2.24, 2.45) is 0 Å². The Morgan fingerprint density at radius 3 is 2.92 bits per heavy atom. The van der Waals surface area contributed by atoms with Gasteiger partial charge in [0, 0.05) is 25.0 Å². The zero-order valence-corrected chi connectivity index (χ0v) is 14.4. The van der Waals surface area contributed by atoms with Crippen molar-refractivity contribution in [2.75, 3.05) is 6.54 Å². The van der Waals surface area contributed by atoms with Gasteiger partial charge in [-0.2, -0.15) is 0 Å². The summed E-state index contributed by atoms with van der Waals surface area (Å²) in [4.78, 5) is 7.05. The van der Waals surface area contributed by atoms with E-state index in [1.165, 1.54) is 0 Å². The van der Waals surface area contributed by atoms with Crippen LogP contribution in [0, 0.1) is 6.92 Å². The van der Waals surface area contributed by atoms with Gasteiger partial charge in [0.05, 0.1) is 12.2 Å². The highest BCUT2D eigenvalue weighted by Crippen LogP contribution is 2.18. The average molecular weight is 341 g/mol. The molecule has 0 saturated heterocycles. The van der Waals surface area contributed by atoms with E-state index in [9.17, 15) is 0 Å². The van der Waals surface area contributed by atoms with E-state index in [-0.39, 0.29) is 0 Å². The highest BCUT2D eigenvalue weighted by atomic mass is 32.1. The second-order valence-electron chi connectivity index (χ2n) is 5.86. The van der Waals surface area contributed by atoms with Crippen LogP contribution in [-0.4, -0.2) is 31.2 Å². The molecule has 2 aromatic heterocycles. The molecule has 24 heavy (non-hydrogen) atoms. The third-order valence-electron chi connectivity index (χ3n) is 4.11. The number of nitrogens with zero attached hydrogens (tertiary/aromatic N) is 5. The fourth-order valence-electron chi connectivity index (χ4n) is 2.87. The van der Waals surface area contributed by atoms with Crippen molar-refractivity contribution in [1.29, 1.82) is 0 Å². The minimum atomic E-state index is 0.516. The van der Waals surface area contributed by atoms with Crippen molar-refractivity contribution >= 4 is 11.3 Å². The topological polar surface area (TPSA) is 56.1 Å². The van der Waals surface area contributed by atoms with E-state index in [0.29, 0.717) is 6.61 Å². The maximum Gasteiger partial charge on any atom is 0.147 e. The van der Waals surface area contributed by atoms with E-state index in [4.69, 9.17) is 4.74 Å². The first kappa shape index (κ1) is 15.3.